The van der Waals surface area contributed by atoms with Crippen LogP contribution in [0.5, 0.6) is 11.5 Å². The predicted octanol–water partition coefficient (Wildman–Crippen LogP) is 5.21. The van der Waals surface area contributed by atoms with Crippen molar-refractivity contribution in [1.29, 1.82) is 0 Å². The van der Waals surface area contributed by atoms with E-state index in [0.717, 1.165) is 43.5 Å². The number of benzene rings is 2. The Kier molecular flexibility index (Phi) is 8.89. The molecular formula is C27H26F7N3O4. The molecule has 3 aromatic rings. The van der Waals surface area contributed by atoms with Crippen LogP contribution in [-0.2, 0) is 11.1 Å². The molecule has 0 radical (unpaired) electrons. The summed E-state index contributed by atoms with van der Waals surface area (Å²) in [5.74, 6) is -2.33. The number of alkyl halides is 6. The van der Waals surface area contributed by atoms with E-state index < -0.39 is 54.1 Å². The summed E-state index contributed by atoms with van der Waals surface area (Å²) in [7, 11) is 1.09. The maximum atomic E-state index is 14.4. The molecule has 1 unspecified atom stereocenters. The molecule has 222 valence electrons. The van der Waals surface area contributed by atoms with Crippen molar-refractivity contribution in [2.24, 2.45) is 5.73 Å². The first kappa shape index (κ1) is 31.6. The van der Waals surface area contributed by atoms with E-state index in [1.54, 1.807) is 0 Å². The van der Waals surface area contributed by atoms with Crippen LogP contribution in [0, 0.1) is 5.82 Å². The molecule has 41 heavy (non-hydrogen) atoms. The number of aliphatic hydroxyl groups is 1. The van der Waals surface area contributed by atoms with E-state index in [2.05, 4.69) is 9.72 Å². The van der Waals surface area contributed by atoms with Gasteiger partial charge in [-0.05, 0) is 74.0 Å². The Morgan fingerprint density at radius 1 is 0.976 bits per heavy atom. The number of aromatic nitrogens is 1. The molecule has 0 saturated heterocycles. The largest absolute Gasteiger partial charge is 0.493 e. The standard InChI is InChI=1S/C27H26F7N3O4/c1-24(2,35)17-11-19(15-4-7-18(28)8-5-15)37-22(12-17)25(39,27(32,33)34)13-36-23(38)16-6-9-20(21(10-16)40-3)41-14-26(29,30)31/h4-12,39H,13-14,35H2,1-3H3,(H,36,38). The van der Waals surface area contributed by atoms with Gasteiger partial charge in [0.05, 0.1) is 25.0 Å². The molecule has 0 aliphatic heterocycles. The van der Waals surface area contributed by atoms with Gasteiger partial charge in [0.2, 0.25) is 5.60 Å². The highest BCUT2D eigenvalue weighted by molar-refractivity contribution is 5.95. The molecule has 0 fully saturated rings. The normalized spacial score (nSPS) is 13.9. The smallest absolute Gasteiger partial charge is 0.424 e. The second-order valence-corrected chi connectivity index (χ2v) is 9.67. The van der Waals surface area contributed by atoms with Crippen molar-refractivity contribution in [3.8, 4) is 22.8 Å². The van der Waals surface area contributed by atoms with E-state index in [1.807, 2.05) is 5.32 Å². The van der Waals surface area contributed by atoms with Crippen LogP contribution >= 0.6 is 0 Å². The molecule has 3 rings (SSSR count). The Hall–Kier alpha value is -3.91. The molecule has 0 bridgehead atoms. The number of hydrogen-bond acceptors (Lipinski definition) is 6. The maximum absolute atomic E-state index is 14.4. The summed E-state index contributed by atoms with van der Waals surface area (Å²) in [6, 6.07) is 10.1. The number of amides is 1. The van der Waals surface area contributed by atoms with Crippen molar-refractivity contribution in [2.45, 2.75) is 37.3 Å². The van der Waals surface area contributed by atoms with Gasteiger partial charge in [-0.1, -0.05) is 0 Å². The molecule has 1 aromatic heterocycles. The number of carbonyl (C=O) groups is 1. The van der Waals surface area contributed by atoms with Crippen molar-refractivity contribution >= 4 is 5.91 Å². The van der Waals surface area contributed by atoms with Gasteiger partial charge in [-0.2, -0.15) is 26.3 Å². The van der Waals surface area contributed by atoms with Crippen LogP contribution in [-0.4, -0.2) is 48.6 Å². The van der Waals surface area contributed by atoms with Gasteiger partial charge in [-0.3, -0.25) is 4.79 Å². The summed E-state index contributed by atoms with van der Waals surface area (Å²) >= 11 is 0. The number of methoxy groups -OCH3 is 1. The van der Waals surface area contributed by atoms with Crippen LogP contribution < -0.4 is 20.5 Å². The molecule has 1 heterocycles. The predicted molar refractivity (Wildman–Crippen MR) is 134 cm³/mol. The summed E-state index contributed by atoms with van der Waals surface area (Å²) in [6.45, 7) is 0.00226. The highest BCUT2D eigenvalue weighted by Crippen LogP contribution is 2.40. The number of nitrogens with zero attached hydrogens (tertiary/aromatic N) is 1. The van der Waals surface area contributed by atoms with Crippen LogP contribution in [0.4, 0.5) is 30.7 Å². The first-order valence-electron chi connectivity index (χ1n) is 11.9. The molecule has 0 aliphatic carbocycles. The van der Waals surface area contributed by atoms with Gasteiger partial charge >= 0.3 is 12.4 Å². The van der Waals surface area contributed by atoms with Crippen molar-refractivity contribution in [1.82, 2.24) is 10.3 Å². The van der Waals surface area contributed by atoms with Gasteiger partial charge in [-0.25, -0.2) is 9.37 Å². The lowest BCUT2D eigenvalue weighted by molar-refractivity contribution is -0.265. The number of halogens is 7. The third kappa shape index (κ3) is 7.64. The minimum Gasteiger partial charge on any atom is -0.493 e. The molecule has 1 atom stereocenters. The Bertz CT molecular complexity index is 1390. The van der Waals surface area contributed by atoms with E-state index in [-0.39, 0.29) is 33.9 Å². The minimum atomic E-state index is -5.35. The Morgan fingerprint density at radius 2 is 1.61 bits per heavy atom. The second-order valence-electron chi connectivity index (χ2n) is 9.67. The van der Waals surface area contributed by atoms with Gasteiger partial charge < -0.3 is 25.6 Å². The average Bonchev–Trinajstić information content (AvgIpc) is 2.88. The molecule has 0 spiro atoms. The third-order valence-electron chi connectivity index (χ3n) is 5.92. The van der Waals surface area contributed by atoms with Crippen molar-refractivity contribution in [3.05, 3.63) is 77.2 Å². The number of hydrogen-bond donors (Lipinski definition) is 3. The van der Waals surface area contributed by atoms with E-state index >= 15 is 0 Å². The molecule has 0 aliphatic rings. The molecule has 2 aromatic carbocycles. The first-order valence-corrected chi connectivity index (χ1v) is 11.9. The van der Waals surface area contributed by atoms with Crippen LogP contribution in [0.2, 0.25) is 0 Å². The van der Waals surface area contributed by atoms with Crippen molar-refractivity contribution in [2.75, 3.05) is 20.3 Å². The number of rotatable bonds is 9. The van der Waals surface area contributed by atoms with Crippen LogP contribution in [0.1, 0.15) is 35.5 Å². The fourth-order valence-corrected chi connectivity index (χ4v) is 3.62. The summed E-state index contributed by atoms with van der Waals surface area (Å²) in [4.78, 5) is 16.7. The highest BCUT2D eigenvalue weighted by atomic mass is 19.4. The quantitative estimate of drug-likeness (QED) is 0.296. The lowest BCUT2D eigenvalue weighted by Crippen LogP contribution is -2.51. The van der Waals surface area contributed by atoms with Gasteiger partial charge in [-0.15, -0.1) is 0 Å². The fraction of sp³-hybridized carbons (Fsp3) is 0.333. The number of nitrogens with one attached hydrogen (secondary N) is 1. The molecule has 14 heteroatoms. The fourth-order valence-electron chi connectivity index (χ4n) is 3.62. The van der Waals surface area contributed by atoms with E-state index in [1.165, 1.54) is 32.0 Å². The summed E-state index contributed by atoms with van der Waals surface area (Å²) in [6.07, 6.45) is -10.00. The molecule has 1 amide bonds. The second kappa shape index (κ2) is 11.5. The third-order valence-corrected chi connectivity index (χ3v) is 5.92. The molecular weight excluding hydrogens is 563 g/mol. The van der Waals surface area contributed by atoms with Crippen LogP contribution in [0.3, 0.4) is 0 Å². The van der Waals surface area contributed by atoms with Crippen LogP contribution in [0.25, 0.3) is 11.3 Å². The minimum absolute atomic E-state index is 0.0378. The van der Waals surface area contributed by atoms with Gasteiger partial charge in [0.1, 0.15) is 5.82 Å². The zero-order chi connectivity index (χ0) is 30.8. The maximum Gasteiger partial charge on any atom is 0.424 e. The SMILES string of the molecule is COc1cc(C(=O)NCC(O)(c2cc(C(C)(C)N)cc(-c3ccc(F)cc3)n2)C(F)(F)F)ccc1OCC(F)(F)F. The lowest BCUT2D eigenvalue weighted by Gasteiger charge is -2.32. The summed E-state index contributed by atoms with van der Waals surface area (Å²) in [5.41, 5.74) is 0.429. The first-order chi connectivity index (χ1) is 18.8. The van der Waals surface area contributed by atoms with E-state index in [0.29, 0.717) is 0 Å². The number of nitrogens with two attached hydrogens (primary N) is 1. The summed E-state index contributed by atoms with van der Waals surface area (Å²) in [5, 5.41) is 12.9. The van der Waals surface area contributed by atoms with Crippen molar-refractivity contribution < 1.29 is 50.1 Å². The van der Waals surface area contributed by atoms with E-state index in [9.17, 15) is 40.6 Å². The Balaban J connectivity index is 1.97. The zero-order valence-electron chi connectivity index (χ0n) is 22.0. The molecule has 7 nitrogen and oxygen atoms in total. The van der Waals surface area contributed by atoms with Crippen molar-refractivity contribution in [3.63, 3.8) is 0 Å². The number of pyridine rings is 1. The zero-order valence-corrected chi connectivity index (χ0v) is 22.0. The monoisotopic (exact) mass is 589 g/mol. The van der Waals surface area contributed by atoms with Gasteiger partial charge in [0.15, 0.2) is 18.1 Å². The topological polar surface area (TPSA) is 107 Å². The number of carbonyl (C=O) groups excluding carboxylic acids is 1. The Labute approximate surface area is 230 Å². The Morgan fingerprint density at radius 3 is 2.15 bits per heavy atom. The molecule has 4 N–H and O–H groups in total. The van der Waals surface area contributed by atoms with Crippen LogP contribution in [0.15, 0.2) is 54.6 Å². The van der Waals surface area contributed by atoms with Gasteiger partial charge in [0, 0.05) is 16.7 Å². The van der Waals surface area contributed by atoms with Gasteiger partial charge in [0.25, 0.3) is 5.91 Å². The number of ether oxygens (including phenoxy) is 2. The molecule has 0 saturated carbocycles. The highest BCUT2D eigenvalue weighted by Gasteiger charge is 2.56. The van der Waals surface area contributed by atoms with E-state index in [4.69, 9.17) is 10.5 Å². The average molecular weight is 590 g/mol. The summed E-state index contributed by atoms with van der Waals surface area (Å²) < 4.78 is 104. The lowest BCUT2D eigenvalue weighted by atomic mass is 9.89.